The lowest BCUT2D eigenvalue weighted by Gasteiger charge is -2.49. The van der Waals surface area contributed by atoms with E-state index in [0.717, 1.165) is 71.9 Å². The summed E-state index contributed by atoms with van der Waals surface area (Å²) in [5, 5.41) is 0. The fraction of sp³-hybridized carbons (Fsp3) is 0.682. The van der Waals surface area contributed by atoms with Crippen LogP contribution in [-0.4, -0.2) is 92.7 Å². The smallest absolute Gasteiger partial charge is 0.222 e. The van der Waals surface area contributed by atoms with Crippen molar-refractivity contribution in [1.29, 1.82) is 0 Å². The van der Waals surface area contributed by atoms with E-state index >= 15 is 0 Å². The molecule has 6 heteroatoms. The highest BCUT2D eigenvalue weighted by atomic mass is 16.5. The van der Waals surface area contributed by atoms with Gasteiger partial charge in [-0.3, -0.25) is 14.6 Å². The third-order valence-corrected chi connectivity index (χ3v) is 6.91. The van der Waals surface area contributed by atoms with Crippen molar-refractivity contribution in [3.05, 3.63) is 29.8 Å². The Balaban J connectivity index is 1.44. The maximum Gasteiger partial charge on any atom is 0.222 e. The SMILES string of the molecule is CN1CCC2(CCC1=O)CN(Cc1cccc(N3CCOCC3)c1)CCN2C. The third kappa shape index (κ3) is 4.19. The molecule has 0 radical (unpaired) electrons. The van der Waals surface area contributed by atoms with E-state index in [1.807, 2.05) is 11.9 Å². The number of rotatable bonds is 3. The molecule has 154 valence electrons. The first-order valence-corrected chi connectivity index (χ1v) is 10.6. The van der Waals surface area contributed by atoms with Gasteiger partial charge in [0.15, 0.2) is 0 Å². The molecule has 1 aromatic rings. The van der Waals surface area contributed by atoms with Gasteiger partial charge < -0.3 is 14.5 Å². The Morgan fingerprint density at radius 2 is 1.86 bits per heavy atom. The van der Waals surface area contributed by atoms with Crippen LogP contribution in [0.5, 0.6) is 0 Å². The highest BCUT2D eigenvalue weighted by Crippen LogP contribution is 2.32. The Morgan fingerprint density at radius 1 is 1.04 bits per heavy atom. The van der Waals surface area contributed by atoms with Crippen LogP contribution in [0.1, 0.15) is 24.8 Å². The predicted molar refractivity (Wildman–Crippen MR) is 112 cm³/mol. The third-order valence-electron chi connectivity index (χ3n) is 6.91. The molecule has 0 aromatic heterocycles. The molecule has 1 spiro atoms. The van der Waals surface area contributed by atoms with E-state index in [9.17, 15) is 4.79 Å². The van der Waals surface area contributed by atoms with Gasteiger partial charge in [0.2, 0.25) is 5.91 Å². The van der Waals surface area contributed by atoms with Gasteiger partial charge in [-0.1, -0.05) is 12.1 Å². The molecule has 0 bridgehead atoms. The lowest BCUT2D eigenvalue weighted by molar-refractivity contribution is -0.129. The molecule has 3 heterocycles. The zero-order valence-electron chi connectivity index (χ0n) is 17.4. The topological polar surface area (TPSA) is 39.3 Å². The number of piperazine rings is 1. The minimum atomic E-state index is 0.125. The molecule has 0 aliphatic carbocycles. The van der Waals surface area contributed by atoms with Crippen LogP contribution in [0.25, 0.3) is 0 Å². The number of hydrogen-bond acceptors (Lipinski definition) is 5. The second-order valence-electron chi connectivity index (χ2n) is 8.69. The van der Waals surface area contributed by atoms with E-state index in [1.54, 1.807) is 0 Å². The van der Waals surface area contributed by atoms with Crippen LogP contribution < -0.4 is 4.90 Å². The van der Waals surface area contributed by atoms with E-state index in [4.69, 9.17) is 4.74 Å². The van der Waals surface area contributed by atoms with Crippen molar-refractivity contribution in [2.75, 3.05) is 71.5 Å². The largest absolute Gasteiger partial charge is 0.378 e. The summed E-state index contributed by atoms with van der Waals surface area (Å²) in [6.07, 6.45) is 2.70. The summed E-state index contributed by atoms with van der Waals surface area (Å²) < 4.78 is 5.49. The number of nitrogens with zero attached hydrogens (tertiary/aromatic N) is 4. The molecule has 28 heavy (non-hydrogen) atoms. The highest BCUT2D eigenvalue weighted by Gasteiger charge is 2.41. The zero-order chi connectivity index (χ0) is 19.6. The molecular formula is C22H34N4O2. The summed E-state index contributed by atoms with van der Waals surface area (Å²) in [5.74, 6) is 0.292. The molecule has 3 aliphatic rings. The summed E-state index contributed by atoms with van der Waals surface area (Å²) >= 11 is 0. The van der Waals surface area contributed by atoms with E-state index in [0.29, 0.717) is 12.3 Å². The summed E-state index contributed by atoms with van der Waals surface area (Å²) in [5.41, 5.74) is 2.82. The molecular weight excluding hydrogens is 352 g/mol. The van der Waals surface area contributed by atoms with Crippen LogP contribution in [0.4, 0.5) is 5.69 Å². The molecule has 6 nitrogen and oxygen atoms in total. The minimum absolute atomic E-state index is 0.125. The van der Waals surface area contributed by atoms with Crippen LogP contribution in [-0.2, 0) is 16.1 Å². The molecule has 3 fully saturated rings. The summed E-state index contributed by atoms with van der Waals surface area (Å²) in [6, 6.07) is 9.00. The second-order valence-corrected chi connectivity index (χ2v) is 8.69. The standard InChI is InChI=1S/C22H34N4O2/c1-23-9-8-22(7-6-21(23)27)18-25(11-10-24(22)2)17-19-4-3-5-20(16-19)26-12-14-28-15-13-26/h3-5,16H,6-15,17-18H2,1-2H3. The van der Waals surface area contributed by atoms with Gasteiger partial charge in [-0.05, 0) is 37.6 Å². The van der Waals surface area contributed by atoms with Gasteiger partial charge in [0.1, 0.15) is 0 Å². The van der Waals surface area contributed by atoms with Gasteiger partial charge >= 0.3 is 0 Å². The van der Waals surface area contributed by atoms with Crippen molar-refractivity contribution < 1.29 is 9.53 Å². The first kappa shape index (κ1) is 19.7. The van der Waals surface area contributed by atoms with Crippen LogP contribution >= 0.6 is 0 Å². The fourth-order valence-electron chi connectivity index (χ4n) is 4.91. The van der Waals surface area contributed by atoms with Crippen molar-refractivity contribution in [3.63, 3.8) is 0 Å². The van der Waals surface area contributed by atoms with Crippen molar-refractivity contribution in [2.24, 2.45) is 0 Å². The Bertz CT molecular complexity index is 691. The fourth-order valence-corrected chi connectivity index (χ4v) is 4.91. The average Bonchev–Trinajstić information content (AvgIpc) is 2.86. The molecule has 1 aromatic carbocycles. The zero-order valence-corrected chi connectivity index (χ0v) is 17.4. The van der Waals surface area contributed by atoms with Gasteiger partial charge in [-0.25, -0.2) is 0 Å². The number of ether oxygens (including phenoxy) is 1. The lowest BCUT2D eigenvalue weighted by atomic mass is 9.86. The maximum atomic E-state index is 12.2. The Morgan fingerprint density at radius 3 is 2.68 bits per heavy atom. The average molecular weight is 387 g/mol. The molecule has 3 saturated heterocycles. The number of carbonyl (C=O) groups excluding carboxylic acids is 1. The summed E-state index contributed by atoms with van der Waals surface area (Å²) in [6.45, 7) is 8.64. The molecule has 3 aliphatic heterocycles. The number of benzene rings is 1. The molecule has 1 atom stereocenters. The van der Waals surface area contributed by atoms with Gasteiger partial charge in [-0.2, -0.15) is 0 Å². The predicted octanol–water partition coefficient (Wildman–Crippen LogP) is 1.65. The van der Waals surface area contributed by atoms with Crippen LogP contribution in [0.15, 0.2) is 24.3 Å². The number of hydrogen-bond donors (Lipinski definition) is 0. The van der Waals surface area contributed by atoms with Gasteiger partial charge in [-0.15, -0.1) is 0 Å². The number of anilines is 1. The Kier molecular flexibility index (Phi) is 5.90. The second kappa shape index (κ2) is 8.39. The van der Waals surface area contributed by atoms with Gasteiger partial charge in [0.05, 0.1) is 13.2 Å². The van der Waals surface area contributed by atoms with E-state index in [1.165, 1.54) is 11.3 Å². The van der Waals surface area contributed by atoms with E-state index in [2.05, 4.69) is 46.0 Å². The van der Waals surface area contributed by atoms with Crippen molar-refractivity contribution in [2.45, 2.75) is 31.3 Å². The number of carbonyl (C=O) groups is 1. The van der Waals surface area contributed by atoms with Gasteiger partial charge in [0, 0.05) is 70.5 Å². The normalized spacial score (nSPS) is 28.0. The van der Waals surface area contributed by atoms with Crippen LogP contribution in [0.2, 0.25) is 0 Å². The minimum Gasteiger partial charge on any atom is -0.378 e. The lowest BCUT2D eigenvalue weighted by Crippen LogP contribution is -2.60. The molecule has 0 N–H and O–H groups in total. The monoisotopic (exact) mass is 386 g/mol. The maximum absolute atomic E-state index is 12.2. The summed E-state index contributed by atoms with van der Waals surface area (Å²) in [4.78, 5) is 21.6. The van der Waals surface area contributed by atoms with E-state index < -0.39 is 0 Å². The number of likely N-dealkylation sites (N-methyl/N-ethyl adjacent to an activating group) is 1. The van der Waals surface area contributed by atoms with Crippen molar-refractivity contribution in [1.82, 2.24) is 14.7 Å². The van der Waals surface area contributed by atoms with Gasteiger partial charge in [0.25, 0.3) is 0 Å². The first-order valence-electron chi connectivity index (χ1n) is 10.6. The van der Waals surface area contributed by atoms with Crippen LogP contribution in [0.3, 0.4) is 0 Å². The molecule has 1 amide bonds. The van der Waals surface area contributed by atoms with Crippen LogP contribution in [0, 0.1) is 0 Å². The molecule has 0 saturated carbocycles. The Hall–Kier alpha value is -1.63. The number of morpholine rings is 1. The van der Waals surface area contributed by atoms with Crippen molar-refractivity contribution >= 4 is 11.6 Å². The quantitative estimate of drug-likeness (QED) is 0.790. The highest BCUT2D eigenvalue weighted by molar-refractivity contribution is 5.76. The Labute approximate surface area is 169 Å². The molecule has 1 unspecified atom stereocenters. The van der Waals surface area contributed by atoms with Crippen molar-refractivity contribution in [3.8, 4) is 0 Å². The first-order chi connectivity index (χ1) is 13.6. The number of amides is 1. The summed E-state index contributed by atoms with van der Waals surface area (Å²) in [7, 11) is 4.19. The van der Waals surface area contributed by atoms with E-state index in [-0.39, 0.29) is 5.54 Å². The number of likely N-dealkylation sites (tertiary alicyclic amines) is 1. The molecule has 4 rings (SSSR count).